The molecule has 8 heteroatoms. The lowest BCUT2D eigenvalue weighted by atomic mass is 10.0. The summed E-state index contributed by atoms with van der Waals surface area (Å²) in [7, 11) is 0. The van der Waals surface area contributed by atoms with Gasteiger partial charge in [-0.05, 0) is 49.1 Å². The molecule has 1 aromatic heterocycles. The summed E-state index contributed by atoms with van der Waals surface area (Å²) in [5, 5.41) is 9.97. The summed E-state index contributed by atoms with van der Waals surface area (Å²) in [5.74, 6) is 1.10. The average Bonchev–Trinajstić information content (AvgIpc) is 3.18. The van der Waals surface area contributed by atoms with E-state index >= 15 is 0 Å². The van der Waals surface area contributed by atoms with E-state index in [1.165, 1.54) is 0 Å². The number of carbonyl (C=O) groups is 2. The van der Waals surface area contributed by atoms with E-state index in [-0.39, 0.29) is 30.8 Å². The fourth-order valence-electron chi connectivity index (χ4n) is 3.29. The fraction of sp³-hybridized carbons (Fsp3) is 0.333. The van der Waals surface area contributed by atoms with Crippen LogP contribution in [0.4, 0.5) is 0 Å². The molecule has 0 fully saturated rings. The van der Waals surface area contributed by atoms with Crippen LogP contribution in [0, 0.1) is 6.92 Å². The maximum Gasteiger partial charge on any atom is 0.291 e. The van der Waals surface area contributed by atoms with Crippen molar-refractivity contribution >= 4 is 11.8 Å². The molecular formula is C24H29N5O3. The summed E-state index contributed by atoms with van der Waals surface area (Å²) in [4.78, 5) is 28.6. The van der Waals surface area contributed by atoms with Crippen LogP contribution in [0.1, 0.15) is 54.3 Å². The van der Waals surface area contributed by atoms with Crippen molar-refractivity contribution in [3.05, 3.63) is 71.3 Å². The number of nitrogens with one attached hydrogen (secondary N) is 2. The lowest BCUT2D eigenvalue weighted by Gasteiger charge is -2.12. The number of benzene rings is 2. The molecule has 3 aromatic rings. The highest BCUT2D eigenvalue weighted by molar-refractivity contribution is 5.90. The molecule has 0 aliphatic rings. The average molecular weight is 436 g/mol. The van der Waals surface area contributed by atoms with Crippen molar-refractivity contribution in [3.63, 3.8) is 0 Å². The molecule has 0 bridgehead atoms. The maximum atomic E-state index is 12.7. The van der Waals surface area contributed by atoms with Crippen LogP contribution in [-0.2, 0) is 11.3 Å². The minimum atomic E-state index is -0.359. The summed E-state index contributed by atoms with van der Waals surface area (Å²) in [6, 6.07) is 15.2. The number of amides is 2. The Kier molecular flexibility index (Phi) is 7.59. The number of rotatable bonds is 9. The molecule has 3 rings (SSSR count). The Hall–Kier alpha value is -3.68. The van der Waals surface area contributed by atoms with E-state index in [1.54, 1.807) is 16.8 Å². The smallest absolute Gasteiger partial charge is 0.291 e. The summed E-state index contributed by atoms with van der Waals surface area (Å²) in [5.41, 5.74) is 2.90. The summed E-state index contributed by atoms with van der Waals surface area (Å²) in [6.45, 7) is 8.70. The van der Waals surface area contributed by atoms with Crippen LogP contribution in [0.15, 0.2) is 48.5 Å². The summed E-state index contributed by atoms with van der Waals surface area (Å²) >= 11 is 0. The van der Waals surface area contributed by atoms with Crippen LogP contribution in [0.25, 0.3) is 5.69 Å². The minimum absolute atomic E-state index is 0.0534. The highest BCUT2D eigenvalue weighted by Crippen LogP contribution is 2.23. The van der Waals surface area contributed by atoms with E-state index in [9.17, 15) is 9.59 Å². The molecule has 0 spiro atoms. The Labute approximate surface area is 188 Å². The SMILES string of the molecule is CCNC(=O)COc1cccc(CNC(=O)c2nc(C)n(-c3ccccc3C(C)C)n2)c1. The van der Waals surface area contributed by atoms with Gasteiger partial charge in [-0.25, -0.2) is 9.67 Å². The molecule has 2 amide bonds. The second kappa shape index (κ2) is 10.6. The van der Waals surface area contributed by atoms with Crippen molar-refractivity contribution in [2.45, 2.75) is 40.2 Å². The first-order chi connectivity index (χ1) is 15.4. The van der Waals surface area contributed by atoms with Gasteiger partial charge in [0.1, 0.15) is 11.6 Å². The number of nitrogens with zero attached hydrogens (tertiary/aromatic N) is 3. The van der Waals surface area contributed by atoms with E-state index < -0.39 is 0 Å². The van der Waals surface area contributed by atoms with Gasteiger partial charge in [-0.3, -0.25) is 9.59 Å². The Bertz CT molecular complexity index is 1090. The topological polar surface area (TPSA) is 98.1 Å². The molecule has 8 nitrogen and oxygen atoms in total. The second-order valence-electron chi connectivity index (χ2n) is 7.68. The predicted molar refractivity (Wildman–Crippen MR) is 122 cm³/mol. The number of aromatic nitrogens is 3. The first kappa shape index (κ1) is 23.0. The molecule has 0 saturated heterocycles. The monoisotopic (exact) mass is 435 g/mol. The third-order valence-corrected chi connectivity index (χ3v) is 4.85. The van der Waals surface area contributed by atoms with Gasteiger partial charge in [-0.1, -0.05) is 44.2 Å². The van der Waals surface area contributed by atoms with Gasteiger partial charge in [0.05, 0.1) is 5.69 Å². The predicted octanol–water partition coefficient (Wildman–Crippen LogP) is 3.14. The first-order valence-electron chi connectivity index (χ1n) is 10.7. The third-order valence-electron chi connectivity index (χ3n) is 4.85. The molecular weight excluding hydrogens is 406 g/mol. The summed E-state index contributed by atoms with van der Waals surface area (Å²) < 4.78 is 7.21. The molecule has 32 heavy (non-hydrogen) atoms. The number of para-hydroxylation sites is 1. The highest BCUT2D eigenvalue weighted by atomic mass is 16.5. The standard InChI is InChI=1S/C24H29N5O3/c1-5-25-22(30)15-32-19-10-8-9-18(13-19)14-26-24(31)23-27-17(4)29(28-23)21-12-7-6-11-20(21)16(2)3/h6-13,16H,5,14-15H2,1-4H3,(H,25,30)(H,26,31). The number of aryl methyl sites for hydroxylation is 1. The summed E-state index contributed by atoms with van der Waals surface area (Å²) in [6.07, 6.45) is 0. The van der Waals surface area contributed by atoms with E-state index in [1.807, 2.05) is 44.2 Å². The van der Waals surface area contributed by atoms with Crippen molar-refractivity contribution in [2.75, 3.05) is 13.2 Å². The second-order valence-corrected chi connectivity index (χ2v) is 7.68. The normalized spacial score (nSPS) is 10.8. The van der Waals surface area contributed by atoms with Crippen LogP contribution in [-0.4, -0.2) is 39.7 Å². The number of ether oxygens (including phenoxy) is 1. The Morgan fingerprint density at radius 2 is 1.88 bits per heavy atom. The van der Waals surface area contributed by atoms with Gasteiger partial charge in [0.2, 0.25) is 5.82 Å². The van der Waals surface area contributed by atoms with E-state index in [4.69, 9.17) is 4.74 Å². The lowest BCUT2D eigenvalue weighted by Crippen LogP contribution is -2.28. The van der Waals surface area contributed by atoms with Gasteiger partial charge in [0, 0.05) is 13.1 Å². The van der Waals surface area contributed by atoms with E-state index in [0.29, 0.717) is 24.0 Å². The quantitative estimate of drug-likeness (QED) is 0.538. The van der Waals surface area contributed by atoms with Crippen molar-refractivity contribution < 1.29 is 14.3 Å². The van der Waals surface area contributed by atoms with Crippen LogP contribution < -0.4 is 15.4 Å². The van der Waals surface area contributed by atoms with Crippen LogP contribution in [0.3, 0.4) is 0 Å². The first-order valence-corrected chi connectivity index (χ1v) is 10.7. The van der Waals surface area contributed by atoms with Gasteiger partial charge < -0.3 is 15.4 Å². The minimum Gasteiger partial charge on any atom is -0.484 e. The van der Waals surface area contributed by atoms with Crippen LogP contribution in [0.5, 0.6) is 5.75 Å². The molecule has 0 aliphatic heterocycles. The van der Waals surface area contributed by atoms with Gasteiger partial charge >= 0.3 is 0 Å². The molecule has 0 aliphatic carbocycles. The number of carbonyl (C=O) groups excluding carboxylic acids is 2. The molecule has 2 aromatic carbocycles. The van der Waals surface area contributed by atoms with Crippen LogP contribution >= 0.6 is 0 Å². The van der Waals surface area contributed by atoms with Gasteiger partial charge in [0.25, 0.3) is 11.8 Å². The van der Waals surface area contributed by atoms with Crippen molar-refractivity contribution in [3.8, 4) is 11.4 Å². The zero-order valence-corrected chi connectivity index (χ0v) is 18.9. The van der Waals surface area contributed by atoms with Gasteiger partial charge in [0.15, 0.2) is 6.61 Å². The van der Waals surface area contributed by atoms with Crippen molar-refractivity contribution in [1.29, 1.82) is 0 Å². The molecule has 2 N–H and O–H groups in total. The largest absolute Gasteiger partial charge is 0.484 e. The fourth-order valence-corrected chi connectivity index (χ4v) is 3.29. The van der Waals surface area contributed by atoms with Gasteiger partial charge in [-0.2, -0.15) is 0 Å². The van der Waals surface area contributed by atoms with Gasteiger partial charge in [-0.15, -0.1) is 5.10 Å². The molecule has 0 saturated carbocycles. The molecule has 168 valence electrons. The van der Waals surface area contributed by atoms with E-state index in [0.717, 1.165) is 16.8 Å². The molecule has 0 atom stereocenters. The number of hydrogen-bond donors (Lipinski definition) is 2. The third kappa shape index (κ3) is 5.72. The number of likely N-dealkylation sites (N-methyl/N-ethyl adjacent to an activating group) is 1. The zero-order valence-electron chi connectivity index (χ0n) is 18.9. The Morgan fingerprint density at radius 1 is 1.09 bits per heavy atom. The molecule has 1 heterocycles. The van der Waals surface area contributed by atoms with Crippen molar-refractivity contribution in [2.24, 2.45) is 0 Å². The maximum absolute atomic E-state index is 12.7. The Balaban J connectivity index is 1.66. The highest BCUT2D eigenvalue weighted by Gasteiger charge is 2.17. The molecule has 0 unspecified atom stereocenters. The van der Waals surface area contributed by atoms with Crippen LogP contribution in [0.2, 0.25) is 0 Å². The molecule has 0 radical (unpaired) electrons. The van der Waals surface area contributed by atoms with E-state index in [2.05, 4.69) is 40.6 Å². The Morgan fingerprint density at radius 3 is 2.62 bits per heavy atom. The lowest BCUT2D eigenvalue weighted by molar-refractivity contribution is -0.122. The van der Waals surface area contributed by atoms with Crippen molar-refractivity contribution in [1.82, 2.24) is 25.4 Å². The zero-order chi connectivity index (χ0) is 23.1. The number of hydrogen-bond acceptors (Lipinski definition) is 5.